The summed E-state index contributed by atoms with van der Waals surface area (Å²) < 4.78 is 332. The number of carbonyl (C=O) groups excluding carboxylic acids is 1. The third kappa shape index (κ3) is 18.2. The molecular weight excluding hydrogens is 1340 g/mol. The molecule has 0 aromatic heterocycles. The number of ether oxygens (including phenoxy) is 1. The molecular formula is C55H40Cl2F26O7. The number of esters is 1. The number of aliphatic hydroxyl groups is 1. The molecule has 4 unspecified atom stereocenters. The monoisotopic (exact) mass is 1380 g/mol. The highest BCUT2D eigenvalue weighted by atomic mass is 35.5. The quantitative estimate of drug-likeness (QED) is 0.0804. The average Bonchev–Trinajstić information content (AvgIpc) is 1.61. The number of allylic oxidation sites excluding steroid dienone is 4. The number of halogens is 28. The molecule has 2 fully saturated rings. The highest BCUT2D eigenvalue weighted by Crippen LogP contribution is 2.61. The molecule has 90 heavy (non-hydrogen) atoms. The number of aromatic carboxylic acids is 1. The Morgan fingerprint density at radius 2 is 0.711 bits per heavy atom. The Bertz CT molecular complexity index is 3460. The third-order valence-corrected chi connectivity index (χ3v) is 13.9. The van der Waals surface area contributed by atoms with Gasteiger partial charge >= 0.3 is 30.3 Å². The second-order valence-electron chi connectivity index (χ2n) is 19.8. The molecule has 35 heteroatoms. The van der Waals surface area contributed by atoms with Gasteiger partial charge in [0.15, 0.2) is 116 Å². The Hall–Kier alpha value is -7.29. The first-order valence-electron chi connectivity index (χ1n) is 24.0. The van der Waals surface area contributed by atoms with Crippen molar-refractivity contribution in [2.75, 3.05) is 0 Å². The first kappa shape index (κ1) is 78.8. The molecule has 3 N–H and O–H groups in total. The van der Waals surface area contributed by atoms with E-state index in [0.29, 0.717) is 6.08 Å². The van der Waals surface area contributed by atoms with Crippen molar-refractivity contribution in [3.05, 3.63) is 196 Å². The highest BCUT2D eigenvalue weighted by Gasteiger charge is 2.63. The van der Waals surface area contributed by atoms with E-state index < -0.39 is 243 Å². The molecule has 7 rings (SSSR count). The number of aliphatic hydroxyl groups excluding tert-OH is 1. The lowest BCUT2D eigenvalue weighted by molar-refractivity contribution is -0.147. The van der Waals surface area contributed by atoms with Gasteiger partial charge in [0.25, 0.3) is 0 Å². The van der Waals surface area contributed by atoms with Gasteiger partial charge in [-0.05, 0) is 50.4 Å². The van der Waals surface area contributed by atoms with Crippen molar-refractivity contribution in [3.63, 3.8) is 0 Å². The van der Waals surface area contributed by atoms with Crippen molar-refractivity contribution in [2.24, 2.45) is 34.5 Å². The van der Waals surface area contributed by atoms with Gasteiger partial charge in [0, 0.05) is 40.5 Å². The summed E-state index contributed by atoms with van der Waals surface area (Å²) in [5.74, 6) is -38.5. The lowest BCUT2D eigenvalue weighted by Crippen LogP contribution is -2.14. The summed E-state index contributed by atoms with van der Waals surface area (Å²) in [5, 5.41) is 22.8. The Balaban J connectivity index is 0.000000383. The number of alkyl halides is 6. The molecule has 7 nitrogen and oxygen atoms in total. The highest BCUT2D eigenvalue weighted by molar-refractivity contribution is 6.30. The molecule has 498 valence electrons. The summed E-state index contributed by atoms with van der Waals surface area (Å²) in [7, 11) is 0. The number of aliphatic carboxylic acids is 1. The van der Waals surface area contributed by atoms with Crippen molar-refractivity contribution < 1.29 is 149 Å². The minimum Gasteiger partial charge on any atom is -0.481 e. The van der Waals surface area contributed by atoms with Crippen molar-refractivity contribution >= 4 is 41.1 Å². The smallest absolute Gasteiger partial charge is 0.426 e. The average molecular weight is 1380 g/mol. The van der Waals surface area contributed by atoms with Crippen LogP contribution in [0.25, 0.3) is 0 Å². The van der Waals surface area contributed by atoms with E-state index in [1.165, 1.54) is 13.8 Å². The Kier molecular flexibility index (Phi) is 26.5. The molecule has 2 aliphatic carbocycles. The van der Waals surface area contributed by atoms with Crippen LogP contribution < -0.4 is 0 Å². The van der Waals surface area contributed by atoms with Crippen molar-refractivity contribution in [2.45, 2.75) is 81.0 Å². The van der Waals surface area contributed by atoms with E-state index in [4.69, 9.17) is 43.3 Å². The molecule has 5 aromatic carbocycles. The van der Waals surface area contributed by atoms with Crippen LogP contribution in [0.15, 0.2) is 40.4 Å². The lowest BCUT2D eigenvalue weighted by atomic mass is 10.1. The van der Waals surface area contributed by atoms with Crippen LogP contribution in [0, 0.1) is 179 Å². The molecule has 0 bridgehead atoms. The predicted molar refractivity (Wildman–Crippen MR) is 262 cm³/mol. The van der Waals surface area contributed by atoms with Crippen molar-refractivity contribution in [1.82, 2.24) is 0 Å². The van der Waals surface area contributed by atoms with E-state index in [-0.39, 0.29) is 18.2 Å². The van der Waals surface area contributed by atoms with Crippen LogP contribution in [0.1, 0.15) is 71.4 Å². The lowest BCUT2D eigenvalue weighted by Gasteiger charge is -2.10. The maximum atomic E-state index is 13.8. The Morgan fingerprint density at radius 1 is 0.444 bits per heavy atom. The fraction of sp³-hybridized carbons (Fsp3) is 0.327. The molecule has 2 aliphatic rings. The maximum absolute atomic E-state index is 13.8. The first-order valence-corrected chi connectivity index (χ1v) is 24.7. The molecule has 0 radical (unpaired) electrons. The molecule has 2 saturated carbocycles. The van der Waals surface area contributed by atoms with Gasteiger partial charge < -0.3 is 20.1 Å². The van der Waals surface area contributed by atoms with Gasteiger partial charge in [-0.2, -0.15) is 26.3 Å². The Morgan fingerprint density at radius 3 is 0.989 bits per heavy atom. The zero-order valence-electron chi connectivity index (χ0n) is 46.2. The topological polar surface area (TPSA) is 121 Å². The summed E-state index contributed by atoms with van der Waals surface area (Å²) in [5.41, 5.74) is -8.44. The normalized spacial score (nSPS) is 17.1. The number of hydrogen-bond donors (Lipinski definition) is 3. The van der Waals surface area contributed by atoms with E-state index in [0.717, 1.165) is 33.8 Å². The molecule has 0 amide bonds. The van der Waals surface area contributed by atoms with Crippen LogP contribution in [-0.4, -0.2) is 45.6 Å². The fourth-order valence-corrected chi connectivity index (χ4v) is 7.87. The maximum Gasteiger partial charge on any atom is 0.426 e. The van der Waals surface area contributed by atoms with Gasteiger partial charge in [0.05, 0.1) is 29.6 Å². The standard InChI is InChI=1S/C17H14ClF7O2.C9H10ClF3O2.C8H4F4O2.C8H6F4O.C7H4F4.C6H2F4/c1-6-11(19)13(21)7(14(22)12(6)20)5-27-15(26)10-8(16(10,2)3)4-9(18)17(23,24)25;1-8(2)4(6(8)7(14)15)3-5(10)9(11,12)13;1-2-4(9)6(11)3(8(13)14)7(12)5(2)10;1-3-5(9)7(11)4(2-13)8(12)6(3)10;1-3-6(10)4(8)2-5(9)7(3)11;7-3-1-4(8)6(10)2-5(3)9/h4,8,10H,5H2,1-3H3;3-4,6H,1-2H3,(H,14,15);1H3,(H,13,14);13H,2H2,1H3;2H,1H3;1-2H/b9-4-;5-3-;;;;. The summed E-state index contributed by atoms with van der Waals surface area (Å²) in [6.07, 6.45) is -7.92. The summed E-state index contributed by atoms with van der Waals surface area (Å²) in [6, 6.07) is 0.493. The second kappa shape index (κ2) is 30.2. The molecule has 0 spiro atoms. The van der Waals surface area contributed by atoms with E-state index in [9.17, 15) is 129 Å². The summed E-state index contributed by atoms with van der Waals surface area (Å²) in [6.45, 7) is 7.51. The number of carboxylic acid groups (broad SMARTS) is 2. The van der Waals surface area contributed by atoms with E-state index >= 15 is 0 Å². The minimum absolute atomic E-state index is 0.157. The van der Waals surface area contributed by atoms with Crippen molar-refractivity contribution in [1.29, 1.82) is 0 Å². The molecule has 5 aromatic rings. The number of rotatable bonds is 8. The van der Waals surface area contributed by atoms with Gasteiger partial charge in [0.1, 0.15) is 22.2 Å². The van der Waals surface area contributed by atoms with Gasteiger partial charge in [-0.15, -0.1) is 0 Å². The Labute approximate surface area is 499 Å². The van der Waals surface area contributed by atoms with Crippen LogP contribution in [0.4, 0.5) is 114 Å². The number of benzene rings is 5. The zero-order chi connectivity index (χ0) is 70.4. The summed E-state index contributed by atoms with van der Waals surface area (Å²) >= 11 is 10.2. The zero-order valence-corrected chi connectivity index (χ0v) is 47.7. The van der Waals surface area contributed by atoms with Gasteiger partial charge in [0.2, 0.25) is 0 Å². The van der Waals surface area contributed by atoms with Crippen LogP contribution in [0.5, 0.6) is 0 Å². The third-order valence-electron chi connectivity index (χ3n) is 13.2. The predicted octanol–water partition coefficient (Wildman–Crippen LogP) is 17.7. The number of carboxylic acids is 2. The van der Waals surface area contributed by atoms with E-state index in [1.54, 1.807) is 13.8 Å². The summed E-state index contributed by atoms with van der Waals surface area (Å²) in [4.78, 5) is 33.0. The minimum atomic E-state index is -4.78. The van der Waals surface area contributed by atoms with Gasteiger partial charge in [-0.1, -0.05) is 63.0 Å². The van der Waals surface area contributed by atoms with Crippen LogP contribution in [0.2, 0.25) is 0 Å². The second-order valence-corrected chi connectivity index (χ2v) is 20.6. The molecule has 4 atom stereocenters. The van der Waals surface area contributed by atoms with Crippen LogP contribution >= 0.6 is 23.2 Å². The van der Waals surface area contributed by atoms with Gasteiger partial charge in [-0.3, -0.25) is 9.59 Å². The van der Waals surface area contributed by atoms with Crippen LogP contribution in [-0.2, 0) is 27.5 Å². The van der Waals surface area contributed by atoms with Gasteiger partial charge in [-0.25, -0.2) is 92.6 Å². The molecule has 0 aliphatic heterocycles. The number of hydrogen-bond acceptors (Lipinski definition) is 5. The van der Waals surface area contributed by atoms with Crippen molar-refractivity contribution in [3.8, 4) is 0 Å². The number of carbonyl (C=O) groups is 3. The van der Waals surface area contributed by atoms with E-state index in [2.05, 4.69) is 0 Å². The van der Waals surface area contributed by atoms with Crippen LogP contribution in [0.3, 0.4) is 0 Å². The molecule has 0 heterocycles. The van der Waals surface area contributed by atoms with E-state index in [1.807, 2.05) is 0 Å². The fourth-order valence-electron chi connectivity index (χ4n) is 7.60. The largest absolute Gasteiger partial charge is 0.481 e. The SMILES string of the molecule is CC1(C)C(/C=C(\Cl)C(F)(F)F)C1C(=O)O.Cc1c(F)c(F)c(C(=O)O)c(F)c1F.Cc1c(F)c(F)c(CO)c(F)c1F.Cc1c(F)c(F)c(COC(=O)C2C(/C=C(\Cl)C(F)(F)F)C2(C)C)c(F)c1F.Cc1c(F)c(F)cc(F)c1F.Fc1cc(F)c(F)cc1F. The molecule has 0 saturated heterocycles. The first-order chi connectivity index (χ1) is 40.8.